The van der Waals surface area contributed by atoms with E-state index in [-0.39, 0.29) is 11.3 Å². The molecule has 32 heavy (non-hydrogen) atoms. The number of hydrogen-bond acceptors (Lipinski definition) is 3. The number of nitrogens with one attached hydrogen (secondary N) is 1. The molecule has 1 heterocycles. The smallest absolute Gasteiger partial charge is 0.266 e. The van der Waals surface area contributed by atoms with Crippen molar-refractivity contribution < 1.29 is 9.90 Å². The number of carbonyl (C=O) groups is 1. The molecule has 0 spiro atoms. The highest BCUT2D eigenvalue weighted by Gasteiger charge is 2.14. The minimum absolute atomic E-state index is 0.0366. The quantitative estimate of drug-likeness (QED) is 0.209. The fourth-order valence-corrected chi connectivity index (χ4v) is 3.87. The van der Waals surface area contributed by atoms with E-state index in [1.54, 1.807) is 30.3 Å². The predicted molar refractivity (Wildman–Crippen MR) is 128 cm³/mol. The molecule has 0 radical (unpaired) electrons. The summed E-state index contributed by atoms with van der Waals surface area (Å²) in [5, 5.41) is 23.7. The third-order valence-corrected chi connectivity index (χ3v) is 5.55. The molecule has 0 unspecified atom stereocenters. The predicted octanol–water partition coefficient (Wildman–Crippen LogP) is 6.25. The fourth-order valence-electron chi connectivity index (χ4n) is 3.40. The first kappa shape index (κ1) is 21.5. The van der Waals surface area contributed by atoms with Gasteiger partial charge in [-0.2, -0.15) is 5.26 Å². The Bertz CT molecular complexity index is 1380. The molecule has 0 atom stereocenters. The lowest BCUT2D eigenvalue weighted by molar-refractivity contribution is -0.112. The average molecular weight is 462 g/mol. The molecule has 4 rings (SSSR count). The van der Waals surface area contributed by atoms with Crippen molar-refractivity contribution in [2.24, 2.45) is 0 Å². The van der Waals surface area contributed by atoms with Crippen LogP contribution in [0, 0.1) is 11.3 Å². The molecule has 0 aliphatic carbocycles. The SMILES string of the molecule is N#C/C(=C\c1cn(Cc2ccc(Cl)cc2Cl)c2ccccc12)C(=O)Nc1ccc(O)cc1. The number of phenols is 1. The number of anilines is 1. The summed E-state index contributed by atoms with van der Waals surface area (Å²) in [7, 11) is 0. The van der Waals surface area contributed by atoms with Crippen LogP contribution >= 0.6 is 23.2 Å². The van der Waals surface area contributed by atoms with Gasteiger partial charge in [-0.05, 0) is 54.1 Å². The molecule has 2 N–H and O–H groups in total. The largest absolute Gasteiger partial charge is 0.508 e. The van der Waals surface area contributed by atoms with E-state index in [4.69, 9.17) is 23.2 Å². The van der Waals surface area contributed by atoms with Gasteiger partial charge in [-0.1, -0.05) is 47.5 Å². The highest BCUT2D eigenvalue weighted by atomic mass is 35.5. The van der Waals surface area contributed by atoms with Gasteiger partial charge < -0.3 is 15.0 Å². The van der Waals surface area contributed by atoms with Crippen molar-refractivity contribution in [2.45, 2.75) is 6.54 Å². The maximum Gasteiger partial charge on any atom is 0.266 e. The molecule has 158 valence electrons. The molecule has 4 aromatic rings. The number of halogens is 2. The Morgan fingerprint density at radius 1 is 1.09 bits per heavy atom. The van der Waals surface area contributed by atoms with Gasteiger partial charge in [0.25, 0.3) is 5.91 Å². The normalized spacial score (nSPS) is 11.3. The molecule has 0 saturated carbocycles. The third-order valence-electron chi connectivity index (χ3n) is 4.97. The Labute approximate surface area is 194 Å². The van der Waals surface area contributed by atoms with Crippen molar-refractivity contribution in [3.8, 4) is 11.8 Å². The second-order valence-corrected chi connectivity index (χ2v) is 7.98. The summed E-state index contributed by atoms with van der Waals surface area (Å²) >= 11 is 12.4. The minimum Gasteiger partial charge on any atom is -0.508 e. The van der Waals surface area contributed by atoms with Gasteiger partial charge in [0.2, 0.25) is 0 Å². The number of fused-ring (bicyclic) bond motifs is 1. The maximum atomic E-state index is 12.6. The number of para-hydroxylation sites is 1. The van der Waals surface area contributed by atoms with Crippen molar-refractivity contribution in [2.75, 3.05) is 5.32 Å². The molecular weight excluding hydrogens is 445 g/mol. The van der Waals surface area contributed by atoms with E-state index in [9.17, 15) is 15.2 Å². The van der Waals surface area contributed by atoms with Crippen LogP contribution in [-0.4, -0.2) is 15.6 Å². The summed E-state index contributed by atoms with van der Waals surface area (Å²) in [6.07, 6.45) is 3.46. The molecule has 1 amide bonds. The number of aromatic hydroxyl groups is 1. The number of aromatic nitrogens is 1. The Balaban J connectivity index is 1.68. The van der Waals surface area contributed by atoms with E-state index in [1.807, 2.05) is 47.2 Å². The van der Waals surface area contributed by atoms with Gasteiger partial charge in [0.05, 0.1) is 0 Å². The van der Waals surface area contributed by atoms with Gasteiger partial charge in [0.15, 0.2) is 0 Å². The van der Waals surface area contributed by atoms with Gasteiger partial charge in [-0.15, -0.1) is 0 Å². The monoisotopic (exact) mass is 461 g/mol. The Kier molecular flexibility index (Phi) is 6.18. The Morgan fingerprint density at radius 2 is 1.84 bits per heavy atom. The van der Waals surface area contributed by atoms with Crippen molar-refractivity contribution in [1.82, 2.24) is 4.57 Å². The van der Waals surface area contributed by atoms with E-state index in [0.29, 0.717) is 22.3 Å². The van der Waals surface area contributed by atoms with Crippen molar-refractivity contribution in [3.05, 3.63) is 99.7 Å². The van der Waals surface area contributed by atoms with Gasteiger partial charge in [-0.3, -0.25) is 4.79 Å². The van der Waals surface area contributed by atoms with E-state index in [2.05, 4.69) is 5.32 Å². The number of nitriles is 1. The second kappa shape index (κ2) is 9.19. The number of amides is 1. The van der Waals surface area contributed by atoms with Crippen LogP contribution in [-0.2, 0) is 11.3 Å². The Hall–Kier alpha value is -3.72. The molecule has 0 fully saturated rings. The molecule has 0 bridgehead atoms. The number of carbonyl (C=O) groups excluding carboxylic acids is 1. The Morgan fingerprint density at radius 3 is 2.56 bits per heavy atom. The molecule has 1 aromatic heterocycles. The van der Waals surface area contributed by atoms with Crippen LogP contribution in [0.1, 0.15) is 11.1 Å². The van der Waals surface area contributed by atoms with E-state index < -0.39 is 5.91 Å². The van der Waals surface area contributed by atoms with Gasteiger partial charge in [-0.25, -0.2) is 0 Å². The van der Waals surface area contributed by atoms with Crippen LogP contribution in [0.15, 0.2) is 78.5 Å². The lowest BCUT2D eigenvalue weighted by Crippen LogP contribution is -2.13. The van der Waals surface area contributed by atoms with Crippen molar-refractivity contribution in [1.29, 1.82) is 5.26 Å². The molecule has 0 aliphatic rings. The zero-order valence-corrected chi connectivity index (χ0v) is 18.2. The summed E-state index contributed by atoms with van der Waals surface area (Å²) in [6.45, 7) is 0.506. The fraction of sp³-hybridized carbons (Fsp3) is 0.0400. The lowest BCUT2D eigenvalue weighted by atomic mass is 10.1. The molecule has 0 saturated heterocycles. The number of rotatable bonds is 5. The summed E-state index contributed by atoms with van der Waals surface area (Å²) in [5.74, 6) is -0.441. The van der Waals surface area contributed by atoms with Crippen LogP contribution in [0.3, 0.4) is 0 Å². The standard InChI is InChI=1S/C25H17Cl2N3O2/c26-19-6-5-16(23(27)12-19)14-30-15-18(22-3-1-2-4-24(22)30)11-17(13-28)25(32)29-20-7-9-21(31)10-8-20/h1-12,15,31H,14H2,(H,29,32)/b17-11+. The number of phenolic OH excluding ortho intramolecular Hbond substituents is 1. The first-order valence-electron chi connectivity index (χ1n) is 9.68. The van der Waals surface area contributed by atoms with Gasteiger partial charge in [0, 0.05) is 44.9 Å². The van der Waals surface area contributed by atoms with Crippen LogP contribution < -0.4 is 5.32 Å². The van der Waals surface area contributed by atoms with Crippen LogP contribution in [0.4, 0.5) is 5.69 Å². The second-order valence-electron chi connectivity index (χ2n) is 7.14. The maximum absolute atomic E-state index is 12.6. The summed E-state index contributed by atoms with van der Waals surface area (Å²) in [4.78, 5) is 12.6. The summed E-state index contributed by atoms with van der Waals surface area (Å²) in [5.41, 5.74) is 3.03. The van der Waals surface area contributed by atoms with Crippen LogP contribution in [0.5, 0.6) is 5.75 Å². The average Bonchev–Trinajstić information content (AvgIpc) is 3.13. The van der Waals surface area contributed by atoms with Crippen molar-refractivity contribution >= 4 is 51.8 Å². The number of benzene rings is 3. The van der Waals surface area contributed by atoms with Crippen LogP contribution in [0.2, 0.25) is 10.0 Å². The number of nitrogens with zero attached hydrogens (tertiary/aromatic N) is 2. The minimum atomic E-state index is -0.532. The van der Waals surface area contributed by atoms with E-state index >= 15 is 0 Å². The first-order chi connectivity index (χ1) is 15.4. The first-order valence-corrected chi connectivity index (χ1v) is 10.4. The molecule has 7 heteroatoms. The highest BCUT2D eigenvalue weighted by Crippen LogP contribution is 2.27. The van der Waals surface area contributed by atoms with Crippen molar-refractivity contribution in [3.63, 3.8) is 0 Å². The summed E-state index contributed by atoms with van der Waals surface area (Å²) in [6, 6.07) is 21.1. The topological polar surface area (TPSA) is 78.0 Å². The third kappa shape index (κ3) is 4.62. The molecule has 3 aromatic carbocycles. The van der Waals surface area contributed by atoms with E-state index in [1.165, 1.54) is 12.1 Å². The highest BCUT2D eigenvalue weighted by molar-refractivity contribution is 6.35. The molecular formula is C25H17Cl2N3O2. The number of hydrogen-bond donors (Lipinski definition) is 2. The summed E-state index contributed by atoms with van der Waals surface area (Å²) < 4.78 is 2.02. The lowest BCUT2D eigenvalue weighted by Gasteiger charge is -2.08. The van der Waals surface area contributed by atoms with Gasteiger partial charge in [0.1, 0.15) is 17.4 Å². The molecule has 5 nitrogen and oxygen atoms in total. The molecule has 0 aliphatic heterocycles. The zero-order chi connectivity index (χ0) is 22.7. The van der Waals surface area contributed by atoms with Gasteiger partial charge >= 0.3 is 0 Å². The van der Waals surface area contributed by atoms with E-state index in [0.717, 1.165) is 22.0 Å². The zero-order valence-electron chi connectivity index (χ0n) is 16.7. The van der Waals surface area contributed by atoms with Crippen LogP contribution in [0.25, 0.3) is 17.0 Å².